The fourth-order valence-electron chi connectivity index (χ4n) is 2.42. The molecule has 20 heavy (non-hydrogen) atoms. The average molecular weight is 267 g/mol. The summed E-state index contributed by atoms with van der Waals surface area (Å²) in [7, 11) is 0. The third kappa shape index (κ3) is 1.90. The fourth-order valence-corrected chi connectivity index (χ4v) is 2.42. The molecule has 3 nitrogen and oxygen atoms in total. The predicted molar refractivity (Wildman–Crippen MR) is 80.3 cm³/mol. The molecule has 0 saturated heterocycles. The Morgan fingerprint density at radius 1 is 1.15 bits per heavy atom. The first-order chi connectivity index (χ1) is 9.38. The molecule has 0 fully saturated rings. The number of rotatable bonds is 0. The van der Waals surface area contributed by atoms with Crippen LogP contribution in [0.4, 0.5) is 0 Å². The van der Waals surface area contributed by atoms with Crippen molar-refractivity contribution in [3.05, 3.63) is 51.7 Å². The highest BCUT2D eigenvalue weighted by Crippen LogP contribution is 2.29. The molecule has 0 saturated carbocycles. The summed E-state index contributed by atoms with van der Waals surface area (Å²) >= 11 is 0. The van der Waals surface area contributed by atoms with E-state index in [1.807, 2.05) is 58.0 Å². The van der Waals surface area contributed by atoms with Gasteiger partial charge >= 0.3 is 0 Å². The maximum Gasteiger partial charge on any atom is 0.211 e. The highest BCUT2D eigenvalue weighted by atomic mass is 16.3. The molecule has 0 bridgehead atoms. The number of fused-ring (bicyclic) bond motifs is 2. The Kier molecular flexibility index (Phi) is 2.68. The molecular formula is C17H17NO2. The van der Waals surface area contributed by atoms with Gasteiger partial charge in [0, 0.05) is 5.56 Å². The highest BCUT2D eigenvalue weighted by molar-refractivity contribution is 5.77. The monoisotopic (exact) mass is 267 g/mol. The molecule has 2 aliphatic rings. The second-order valence-electron chi connectivity index (χ2n) is 6.18. The number of hydrogen-bond acceptors (Lipinski definition) is 3. The first-order valence-electron chi connectivity index (χ1n) is 6.71. The van der Waals surface area contributed by atoms with Gasteiger partial charge in [0.1, 0.15) is 5.52 Å². The summed E-state index contributed by atoms with van der Waals surface area (Å²) in [6, 6.07) is 9.43. The molecule has 1 heterocycles. The maximum absolute atomic E-state index is 12.6. The molecule has 102 valence electrons. The Morgan fingerprint density at radius 2 is 1.85 bits per heavy atom. The third-order valence-corrected chi connectivity index (χ3v) is 3.51. The number of hydrogen-bond donors (Lipinski definition) is 0. The quantitative estimate of drug-likeness (QED) is 0.580. The first-order valence-corrected chi connectivity index (χ1v) is 6.71. The van der Waals surface area contributed by atoms with Gasteiger partial charge in [-0.3, -0.25) is 4.79 Å². The van der Waals surface area contributed by atoms with Crippen LogP contribution in [0.3, 0.4) is 0 Å². The summed E-state index contributed by atoms with van der Waals surface area (Å²) in [6.07, 6.45) is 0. The van der Waals surface area contributed by atoms with E-state index in [1.165, 1.54) is 0 Å². The summed E-state index contributed by atoms with van der Waals surface area (Å²) in [5, 5.41) is 0. The zero-order valence-electron chi connectivity index (χ0n) is 12.2. The lowest BCUT2D eigenvalue weighted by Crippen LogP contribution is -2.25. The molecule has 3 heteroatoms. The van der Waals surface area contributed by atoms with Crippen LogP contribution in [-0.2, 0) is 5.41 Å². The van der Waals surface area contributed by atoms with Crippen molar-refractivity contribution >= 4 is 11.1 Å². The molecule has 3 rings (SSSR count). The van der Waals surface area contributed by atoms with E-state index in [1.54, 1.807) is 0 Å². The van der Waals surface area contributed by atoms with Gasteiger partial charge < -0.3 is 4.42 Å². The summed E-state index contributed by atoms with van der Waals surface area (Å²) in [6.45, 7) is 8.06. The van der Waals surface area contributed by atoms with Gasteiger partial charge in [0.25, 0.3) is 0 Å². The van der Waals surface area contributed by atoms with Crippen LogP contribution in [0.2, 0.25) is 0 Å². The van der Waals surface area contributed by atoms with Gasteiger partial charge in [-0.15, -0.1) is 0 Å². The Bertz CT molecular complexity index is 825. The maximum atomic E-state index is 12.6. The van der Waals surface area contributed by atoms with E-state index in [2.05, 4.69) is 4.98 Å². The lowest BCUT2D eigenvalue weighted by molar-refractivity contribution is 0.576. The van der Waals surface area contributed by atoms with Gasteiger partial charge in [-0.2, -0.15) is 0 Å². The van der Waals surface area contributed by atoms with Crippen LogP contribution in [0.25, 0.3) is 22.6 Å². The topological polar surface area (TPSA) is 43.1 Å². The van der Waals surface area contributed by atoms with E-state index in [4.69, 9.17) is 4.42 Å². The number of nitrogens with zero attached hydrogens (tertiary/aromatic N) is 1. The van der Waals surface area contributed by atoms with Crippen molar-refractivity contribution < 1.29 is 4.42 Å². The van der Waals surface area contributed by atoms with Crippen molar-refractivity contribution in [2.24, 2.45) is 0 Å². The van der Waals surface area contributed by atoms with Gasteiger partial charge in [0.05, 0.1) is 0 Å². The molecule has 0 N–H and O–H groups in total. The second kappa shape index (κ2) is 4.17. The standard InChI is InChI=1S/C17H17NO2/c1-10-9-11(17(2,3)4)15(19)14-16(10)20-13-8-6-5-7-12(13)18-14/h5-9H,1-4H3. The minimum Gasteiger partial charge on any atom is -0.452 e. The number of aryl methyl sites for hydroxylation is 1. The lowest BCUT2D eigenvalue weighted by atomic mass is 9.84. The molecule has 0 amide bonds. The van der Waals surface area contributed by atoms with E-state index < -0.39 is 0 Å². The van der Waals surface area contributed by atoms with E-state index in [0.717, 1.165) is 11.1 Å². The van der Waals surface area contributed by atoms with E-state index in [-0.39, 0.29) is 10.8 Å². The van der Waals surface area contributed by atoms with Crippen molar-refractivity contribution in [2.45, 2.75) is 33.1 Å². The normalized spacial score (nSPS) is 12.2. The van der Waals surface area contributed by atoms with Crippen molar-refractivity contribution in [3.8, 4) is 11.5 Å². The number of aromatic nitrogens is 1. The van der Waals surface area contributed by atoms with Crippen molar-refractivity contribution in [3.63, 3.8) is 0 Å². The van der Waals surface area contributed by atoms with Crippen LogP contribution >= 0.6 is 0 Å². The predicted octanol–water partition coefficient (Wildman–Crippen LogP) is 3.90. The largest absolute Gasteiger partial charge is 0.452 e. The molecular weight excluding hydrogens is 250 g/mol. The van der Waals surface area contributed by atoms with Crippen LogP contribution in [-0.4, -0.2) is 4.98 Å². The van der Waals surface area contributed by atoms with Crippen LogP contribution < -0.4 is 5.43 Å². The van der Waals surface area contributed by atoms with Crippen LogP contribution in [0.15, 0.2) is 39.5 Å². The molecule has 1 aromatic rings. The van der Waals surface area contributed by atoms with E-state index in [9.17, 15) is 4.79 Å². The van der Waals surface area contributed by atoms with E-state index in [0.29, 0.717) is 22.6 Å². The number of para-hydroxylation sites is 2. The van der Waals surface area contributed by atoms with Crippen molar-refractivity contribution in [2.75, 3.05) is 0 Å². The van der Waals surface area contributed by atoms with Gasteiger partial charge in [0.15, 0.2) is 17.0 Å². The molecule has 1 aliphatic carbocycles. The molecule has 0 radical (unpaired) electrons. The zero-order valence-corrected chi connectivity index (χ0v) is 12.2. The average Bonchev–Trinajstić information content (AvgIpc) is 2.40. The Hall–Kier alpha value is -2.16. The number of benzene rings is 2. The van der Waals surface area contributed by atoms with Gasteiger partial charge in [-0.25, -0.2) is 4.98 Å². The van der Waals surface area contributed by atoms with Gasteiger partial charge in [-0.1, -0.05) is 32.9 Å². The van der Waals surface area contributed by atoms with Gasteiger partial charge in [0.2, 0.25) is 5.43 Å². The molecule has 0 aromatic heterocycles. The van der Waals surface area contributed by atoms with Gasteiger partial charge in [-0.05, 0) is 36.1 Å². The lowest BCUT2D eigenvalue weighted by Gasteiger charge is -2.20. The first kappa shape index (κ1) is 12.9. The van der Waals surface area contributed by atoms with Crippen molar-refractivity contribution in [1.82, 2.24) is 4.98 Å². The van der Waals surface area contributed by atoms with Crippen LogP contribution in [0.5, 0.6) is 0 Å². The summed E-state index contributed by atoms with van der Waals surface area (Å²) < 4.78 is 5.86. The van der Waals surface area contributed by atoms with Crippen LogP contribution in [0.1, 0.15) is 31.9 Å². The Morgan fingerprint density at radius 3 is 2.55 bits per heavy atom. The fraction of sp³-hybridized carbons (Fsp3) is 0.294. The molecule has 1 aromatic carbocycles. The minimum atomic E-state index is -0.205. The summed E-state index contributed by atoms with van der Waals surface area (Å²) in [5.74, 6) is 0.585. The molecule has 0 unspecified atom stereocenters. The van der Waals surface area contributed by atoms with Crippen LogP contribution in [0, 0.1) is 6.92 Å². The van der Waals surface area contributed by atoms with E-state index >= 15 is 0 Å². The van der Waals surface area contributed by atoms with Crippen molar-refractivity contribution in [1.29, 1.82) is 0 Å². The second-order valence-corrected chi connectivity index (χ2v) is 6.18. The third-order valence-electron chi connectivity index (χ3n) is 3.51. The minimum absolute atomic E-state index is 0.0346. The molecule has 1 aliphatic heterocycles. The smallest absolute Gasteiger partial charge is 0.211 e. The highest BCUT2D eigenvalue weighted by Gasteiger charge is 2.25. The Labute approximate surface area is 117 Å². The Balaban J connectivity index is 2.47. The molecule has 0 atom stereocenters. The molecule has 0 spiro atoms. The SMILES string of the molecule is Cc1cc(C(C)(C)C)c(=O)c2nc3ccccc3oc1-2. The summed E-state index contributed by atoms with van der Waals surface area (Å²) in [5.41, 5.74) is 3.32. The summed E-state index contributed by atoms with van der Waals surface area (Å²) in [4.78, 5) is 17.2. The zero-order chi connectivity index (χ0) is 14.5.